The first kappa shape index (κ1) is 12.9. The molecular formula is C14H18FNO2. The number of aromatic carboxylic acids is 1. The third kappa shape index (κ3) is 2.33. The van der Waals surface area contributed by atoms with Crippen LogP contribution in [0.5, 0.6) is 0 Å². The van der Waals surface area contributed by atoms with Crippen LogP contribution in [-0.4, -0.2) is 23.7 Å². The lowest BCUT2D eigenvalue weighted by Crippen LogP contribution is -2.34. The van der Waals surface area contributed by atoms with Crippen LogP contribution in [0.2, 0.25) is 0 Å². The summed E-state index contributed by atoms with van der Waals surface area (Å²) in [5, 5.41) is 8.83. The van der Waals surface area contributed by atoms with Gasteiger partial charge in [0.25, 0.3) is 0 Å². The van der Waals surface area contributed by atoms with Crippen LogP contribution in [0.4, 0.5) is 10.1 Å². The molecule has 1 fully saturated rings. The third-order valence-electron chi connectivity index (χ3n) is 3.57. The van der Waals surface area contributed by atoms with E-state index in [-0.39, 0.29) is 5.56 Å². The van der Waals surface area contributed by atoms with Crippen LogP contribution in [0.3, 0.4) is 0 Å². The third-order valence-corrected chi connectivity index (χ3v) is 3.57. The molecule has 0 bridgehead atoms. The molecule has 3 nitrogen and oxygen atoms in total. The number of hydrogen-bond acceptors (Lipinski definition) is 2. The Bertz CT molecular complexity index is 459. The van der Waals surface area contributed by atoms with Crippen molar-refractivity contribution in [2.24, 2.45) is 5.92 Å². The second-order valence-electron chi connectivity index (χ2n) is 5.12. The first-order valence-electron chi connectivity index (χ1n) is 6.30. The number of benzene rings is 1. The van der Waals surface area contributed by atoms with Crippen molar-refractivity contribution < 1.29 is 14.3 Å². The smallest absolute Gasteiger partial charge is 0.335 e. The SMILES string of the molecule is CC(C)C1CCCN1c1ccc(C(=O)O)cc1F. The Morgan fingerprint density at radius 2 is 2.22 bits per heavy atom. The summed E-state index contributed by atoms with van der Waals surface area (Å²) in [4.78, 5) is 12.8. The van der Waals surface area contributed by atoms with E-state index < -0.39 is 11.8 Å². The van der Waals surface area contributed by atoms with E-state index in [0.717, 1.165) is 25.5 Å². The van der Waals surface area contributed by atoms with Gasteiger partial charge in [-0.25, -0.2) is 9.18 Å². The molecule has 1 aromatic carbocycles. The van der Waals surface area contributed by atoms with Crippen molar-refractivity contribution in [2.45, 2.75) is 32.7 Å². The van der Waals surface area contributed by atoms with Crippen molar-refractivity contribution >= 4 is 11.7 Å². The fourth-order valence-corrected chi connectivity index (χ4v) is 2.66. The summed E-state index contributed by atoms with van der Waals surface area (Å²) in [6, 6.07) is 4.50. The lowest BCUT2D eigenvalue weighted by Gasteiger charge is -2.30. The fourth-order valence-electron chi connectivity index (χ4n) is 2.66. The Kier molecular flexibility index (Phi) is 3.55. The van der Waals surface area contributed by atoms with E-state index in [1.807, 2.05) is 0 Å². The van der Waals surface area contributed by atoms with Gasteiger partial charge in [-0.15, -0.1) is 0 Å². The number of carbonyl (C=O) groups is 1. The molecule has 0 spiro atoms. The van der Waals surface area contributed by atoms with Gasteiger partial charge in [-0.2, -0.15) is 0 Å². The molecule has 1 unspecified atom stereocenters. The predicted octanol–water partition coefficient (Wildman–Crippen LogP) is 3.15. The lowest BCUT2D eigenvalue weighted by molar-refractivity contribution is 0.0696. The first-order valence-corrected chi connectivity index (χ1v) is 6.30. The monoisotopic (exact) mass is 251 g/mol. The summed E-state index contributed by atoms with van der Waals surface area (Å²) in [5.74, 6) is -1.07. The second-order valence-corrected chi connectivity index (χ2v) is 5.12. The maximum Gasteiger partial charge on any atom is 0.335 e. The molecule has 1 N–H and O–H groups in total. The van der Waals surface area contributed by atoms with Crippen LogP contribution >= 0.6 is 0 Å². The molecule has 0 saturated carbocycles. The molecular weight excluding hydrogens is 233 g/mol. The quantitative estimate of drug-likeness (QED) is 0.897. The zero-order valence-electron chi connectivity index (χ0n) is 10.7. The van der Waals surface area contributed by atoms with Crippen LogP contribution in [-0.2, 0) is 0 Å². The topological polar surface area (TPSA) is 40.5 Å². The van der Waals surface area contributed by atoms with Crippen LogP contribution < -0.4 is 4.90 Å². The van der Waals surface area contributed by atoms with E-state index in [1.165, 1.54) is 6.07 Å². The molecule has 1 saturated heterocycles. The minimum atomic E-state index is -1.10. The van der Waals surface area contributed by atoms with Gasteiger partial charge < -0.3 is 10.0 Å². The number of rotatable bonds is 3. The summed E-state index contributed by atoms with van der Waals surface area (Å²) in [7, 11) is 0. The van der Waals surface area contributed by atoms with Crippen LogP contribution in [0, 0.1) is 11.7 Å². The Morgan fingerprint density at radius 1 is 1.50 bits per heavy atom. The lowest BCUT2D eigenvalue weighted by atomic mass is 10.0. The number of carboxylic acids is 1. The highest BCUT2D eigenvalue weighted by atomic mass is 19.1. The number of halogens is 1. The molecule has 1 aliphatic heterocycles. The van der Waals surface area contributed by atoms with E-state index in [1.54, 1.807) is 6.07 Å². The van der Waals surface area contributed by atoms with Crippen LogP contribution in [0.25, 0.3) is 0 Å². The molecule has 0 aromatic heterocycles. The van der Waals surface area contributed by atoms with E-state index in [0.29, 0.717) is 17.6 Å². The van der Waals surface area contributed by atoms with E-state index >= 15 is 0 Å². The Balaban J connectivity index is 2.31. The second kappa shape index (κ2) is 4.96. The van der Waals surface area contributed by atoms with E-state index in [9.17, 15) is 9.18 Å². The molecule has 1 aromatic rings. The zero-order valence-corrected chi connectivity index (χ0v) is 10.7. The van der Waals surface area contributed by atoms with E-state index in [4.69, 9.17) is 5.11 Å². The highest BCUT2D eigenvalue weighted by molar-refractivity contribution is 5.88. The van der Waals surface area contributed by atoms with Gasteiger partial charge in [-0.05, 0) is 37.0 Å². The number of hydrogen-bond donors (Lipinski definition) is 1. The summed E-state index contributed by atoms with van der Waals surface area (Å²) in [6.45, 7) is 5.10. The summed E-state index contributed by atoms with van der Waals surface area (Å²) < 4.78 is 14.0. The molecule has 2 rings (SSSR count). The molecule has 1 heterocycles. The standard InChI is InChI=1S/C14H18FNO2/c1-9(2)12-4-3-7-16(12)13-6-5-10(14(17)18)8-11(13)15/h5-6,8-9,12H,3-4,7H2,1-2H3,(H,17,18). The Labute approximate surface area is 106 Å². The van der Waals surface area contributed by atoms with Crippen molar-refractivity contribution in [3.63, 3.8) is 0 Å². The molecule has 18 heavy (non-hydrogen) atoms. The van der Waals surface area contributed by atoms with Gasteiger partial charge in [0.2, 0.25) is 0 Å². The van der Waals surface area contributed by atoms with Crippen molar-refractivity contribution in [1.29, 1.82) is 0 Å². The van der Waals surface area contributed by atoms with E-state index in [2.05, 4.69) is 18.7 Å². The minimum absolute atomic E-state index is 0.00320. The zero-order chi connectivity index (χ0) is 13.3. The van der Waals surface area contributed by atoms with Gasteiger partial charge >= 0.3 is 5.97 Å². The average Bonchev–Trinajstić information content (AvgIpc) is 2.77. The number of carboxylic acid groups (broad SMARTS) is 1. The van der Waals surface area contributed by atoms with Crippen molar-refractivity contribution in [1.82, 2.24) is 0 Å². The highest BCUT2D eigenvalue weighted by Crippen LogP contribution is 2.31. The van der Waals surface area contributed by atoms with Crippen molar-refractivity contribution in [3.05, 3.63) is 29.6 Å². The number of nitrogens with zero attached hydrogens (tertiary/aromatic N) is 1. The summed E-state index contributed by atoms with van der Waals surface area (Å²) >= 11 is 0. The van der Waals surface area contributed by atoms with Gasteiger partial charge in [-0.1, -0.05) is 13.8 Å². The van der Waals surface area contributed by atoms with Crippen molar-refractivity contribution in [3.8, 4) is 0 Å². The fraction of sp³-hybridized carbons (Fsp3) is 0.500. The number of anilines is 1. The maximum absolute atomic E-state index is 14.0. The van der Waals surface area contributed by atoms with Gasteiger partial charge in [-0.3, -0.25) is 0 Å². The molecule has 1 aliphatic rings. The van der Waals surface area contributed by atoms with Gasteiger partial charge in [0.05, 0.1) is 11.3 Å². The predicted molar refractivity (Wildman–Crippen MR) is 68.6 cm³/mol. The normalized spacial score (nSPS) is 19.6. The van der Waals surface area contributed by atoms with Crippen molar-refractivity contribution in [2.75, 3.05) is 11.4 Å². The maximum atomic E-state index is 14.0. The molecule has 98 valence electrons. The average molecular weight is 251 g/mol. The Morgan fingerprint density at radius 3 is 2.78 bits per heavy atom. The van der Waals surface area contributed by atoms with Crippen LogP contribution in [0.15, 0.2) is 18.2 Å². The largest absolute Gasteiger partial charge is 0.478 e. The highest BCUT2D eigenvalue weighted by Gasteiger charge is 2.29. The molecule has 0 radical (unpaired) electrons. The van der Waals surface area contributed by atoms with Gasteiger partial charge in [0, 0.05) is 12.6 Å². The minimum Gasteiger partial charge on any atom is -0.478 e. The Hall–Kier alpha value is -1.58. The van der Waals surface area contributed by atoms with Gasteiger partial charge in [0.1, 0.15) is 5.82 Å². The summed E-state index contributed by atoms with van der Waals surface area (Å²) in [5.41, 5.74) is 0.521. The van der Waals surface area contributed by atoms with Gasteiger partial charge in [0.15, 0.2) is 0 Å². The summed E-state index contributed by atoms with van der Waals surface area (Å²) in [6.07, 6.45) is 2.13. The van der Waals surface area contributed by atoms with Crippen LogP contribution in [0.1, 0.15) is 37.0 Å². The molecule has 1 atom stereocenters. The molecule has 0 aliphatic carbocycles. The first-order chi connectivity index (χ1) is 8.50. The molecule has 4 heteroatoms. The molecule has 0 amide bonds.